The molecule has 3 nitrogen and oxygen atoms in total. The molecule has 0 amide bonds. The third-order valence-electron chi connectivity index (χ3n) is 2.09. The largest absolute Gasteiger partial charge is 0.466 e. The molecule has 0 fully saturated rings. The lowest BCUT2D eigenvalue weighted by Crippen LogP contribution is -2.11. The summed E-state index contributed by atoms with van der Waals surface area (Å²) in [4.78, 5) is 11.3. The molecule has 0 unspecified atom stereocenters. The van der Waals surface area contributed by atoms with Crippen molar-refractivity contribution >= 4 is 21.9 Å². The number of carbonyl (C=O) groups is 1. The van der Waals surface area contributed by atoms with Gasteiger partial charge in [0.25, 0.3) is 0 Å². The molecule has 0 saturated carbocycles. The topological polar surface area (TPSA) is 46.5 Å². The summed E-state index contributed by atoms with van der Waals surface area (Å²) in [7, 11) is 0. The van der Waals surface area contributed by atoms with E-state index in [4.69, 9.17) is 4.74 Å². The van der Waals surface area contributed by atoms with Gasteiger partial charge < -0.3 is 9.84 Å². The third-order valence-corrected chi connectivity index (χ3v) is 2.81. The summed E-state index contributed by atoms with van der Waals surface area (Å²) >= 11 is 3.33. The van der Waals surface area contributed by atoms with Crippen LogP contribution in [0.5, 0.6) is 0 Å². The maximum atomic E-state index is 11.3. The van der Waals surface area contributed by atoms with Gasteiger partial charge in [-0.15, -0.1) is 0 Å². The molecule has 1 rings (SSSR count). The monoisotopic (exact) mass is 286 g/mol. The lowest BCUT2D eigenvalue weighted by Gasteiger charge is -2.12. The summed E-state index contributed by atoms with van der Waals surface area (Å²) in [6, 6.07) is 7.29. The van der Waals surface area contributed by atoms with Crippen molar-refractivity contribution < 1.29 is 14.6 Å². The van der Waals surface area contributed by atoms with Gasteiger partial charge in [0.05, 0.1) is 19.1 Å². The van der Waals surface area contributed by atoms with Crippen LogP contribution in [0.25, 0.3) is 0 Å². The average Bonchev–Trinajstić information content (AvgIpc) is 2.26. The number of carbonyl (C=O) groups excluding carboxylic acids is 1. The molecule has 0 aromatic heterocycles. The predicted octanol–water partition coefficient (Wildman–Crippen LogP) is 2.83. The first kappa shape index (κ1) is 13.2. The van der Waals surface area contributed by atoms with E-state index in [1.54, 1.807) is 6.07 Å². The fourth-order valence-corrected chi connectivity index (χ4v) is 1.84. The predicted molar refractivity (Wildman–Crippen MR) is 65.0 cm³/mol. The molecule has 1 atom stereocenters. The number of halogens is 1. The highest BCUT2D eigenvalue weighted by Crippen LogP contribution is 2.25. The summed E-state index contributed by atoms with van der Waals surface area (Å²) in [6.45, 7) is 2.33. The maximum absolute atomic E-state index is 11.3. The molecule has 88 valence electrons. The van der Waals surface area contributed by atoms with E-state index in [9.17, 15) is 9.90 Å². The molecule has 1 N–H and O–H groups in total. The van der Waals surface area contributed by atoms with Crippen LogP contribution in [0.2, 0.25) is 0 Å². The number of ether oxygens (including phenoxy) is 1. The first-order chi connectivity index (χ1) is 7.65. The first-order valence-corrected chi connectivity index (χ1v) is 6.02. The van der Waals surface area contributed by atoms with Crippen molar-refractivity contribution in [1.29, 1.82) is 0 Å². The lowest BCUT2D eigenvalue weighted by molar-refractivity contribution is -0.146. The van der Waals surface area contributed by atoms with Crippen LogP contribution >= 0.6 is 15.9 Å². The van der Waals surface area contributed by atoms with Gasteiger partial charge in [-0.05, 0) is 18.1 Å². The normalized spacial score (nSPS) is 12.2. The van der Waals surface area contributed by atoms with Crippen LogP contribution in [0.4, 0.5) is 0 Å². The van der Waals surface area contributed by atoms with E-state index in [1.807, 2.05) is 25.1 Å². The number of aliphatic hydroxyl groups is 1. The molecule has 0 saturated heterocycles. The molecule has 0 aliphatic heterocycles. The number of aliphatic hydroxyl groups excluding tert-OH is 1. The Morgan fingerprint density at radius 1 is 1.50 bits per heavy atom. The van der Waals surface area contributed by atoms with E-state index in [0.717, 1.165) is 10.9 Å². The second kappa shape index (κ2) is 6.66. The first-order valence-electron chi connectivity index (χ1n) is 5.23. The Kier molecular flexibility index (Phi) is 5.49. The fourth-order valence-electron chi connectivity index (χ4n) is 1.29. The second-order valence-corrected chi connectivity index (χ2v) is 4.32. The van der Waals surface area contributed by atoms with E-state index in [0.29, 0.717) is 12.2 Å². The molecule has 0 spiro atoms. The lowest BCUT2D eigenvalue weighted by atomic mass is 10.1. The highest BCUT2D eigenvalue weighted by molar-refractivity contribution is 9.10. The second-order valence-electron chi connectivity index (χ2n) is 3.46. The Morgan fingerprint density at radius 3 is 2.81 bits per heavy atom. The Hall–Kier alpha value is -0.870. The van der Waals surface area contributed by atoms with Crippen molar-refractivity contribution in [3.63, 3.8) is 0 Å². The number of hydrogen-bond donors (Lipinski definition) is 1. The molecule has 1 aromatic rings. The Bertz CT molecular complexity index is 352. The van der Waals surface area contributed by atoms with Crippen LogP contribution < -0.4 is 0 Å². The van der Waals surface area contributed by atoms with Crippen molar-refractivity contribution in [2.75, 3.05) is 6.61 Å². The highest BCUT2D eigenvalue weighted by Gasteiger charge is 2.15. The molecular weight excluding hydrogens is 272 g/mol. The molecule has 4 heteroatoms. The fraction of sp³-hybridized carbons (Fsp3) is 0.417. The minimum atomic E-state index is -0.820. The van der Waals surface area contributed by atoms with Gasteiger partial charge in [0.1, 0.15) is 0 Å². The zero-order valence-electron chi connectivity index (χ0n) is 9.15. The van der Waals surface area contributed by atoms with Crippen LogP contribution in [0.1, 0.15) is 31.4 Å². The van der Waals surface area contributed by atoms with Crippen molar-refractivity contribution in [2.24, 2.45) is 0 Å². The van der Waals surface area contributed by atoms with Crippen molar-refractivity contribution in [2.45, 2.75) is 25.9 Å². The maximum Gasteiger partial charge on any atom is 0.308 e. The number of esters is 1. The Morgan fingerprint density at radius 2 is 2.19 bits per heavy atom. The molecule has 0 aliphatic carbocycles. The standard InChI is InChI=1S/C12H15BrO3/c1-2-7-16-12(15)8-11(14)9-5-3-4-6-10(9)13/h3-6,11,14H,2,7-8H2,1H3/t11-/m1/s1. The molecule has 16 heavy (non-hydrogen) atoms. The summed E-state index contributed by atoms with van der Waals surface area (Å²) in [5.41, 5.74) is 0.705. The number of hydrogen-bond acceptors (Lipinski definition) is 3. The van der Waals surface area contributed by atoms with Gasteiger partial charge in [-0.2, -0.15) is 0 Å². The van der Waals surface area contributed by atoms with E-state index < -0.39 is 6.10 Å². The molecule has 1 aromatic carbocycles. The van der Waals surface area contributed by atoms with Gasteiger partial charge in [0.2, 0.25) is 0 Å². The van der Waals surface area contributed by atoms with Gasteiger partial charge in [-0.1, -0.05) is 41.1 Å². The molecule has 0 aliphatic rings. The quantitative estimate of drug-likeness (QED) is 0.847. The zero-order chi connectivity index (χ0) is 12.0. The smallest absolute Gasteiger partial charge is 0.308 e. The number of benzene rings is 1. The van der Waals surface area contributed by atoms with E-state index >= 15 is 0 Å². The molecular formula is C12H15BrO3. The minimum Gasteiger partial charge on any atom is -0.466 e. The number of rotatable bonds is 5. The van der Waals surface area contributed by atoms with E-state index in [1.165, 1.54) is 0 Å². The van der Waals surface area contributed by atoms with Gasteiger partial charge in [0.15, 0.2) is 0 Å². The SMILES string of the molecule is CCCOC(=O)C[C@@H](O)c1ccccc1Br. The van der Waals surface area contributed by atoms with Crippen LogP contribution in [0, 0.1) is 0 Å². The van der Waals surface area contributed by atoms with Gasteiger partial charge >= 0.3 is 5.97 Å². The third kappa shape index (κ3) is 3.94. The van der Waals surface area contributed by atoms with Gasteiger partial charge in [0, 0.05) is 4.47 Å². The Labute approximate surface area is 104 Å². The van der Waals surface area contributed by atoms with Crippen LogP contribution in [-0.2, 0) is 9.53 Å². The van der Waals surface area contributed by atoms with E-state index in [2.05, 4.69) is 15.9 Å². The van der Waals surface area contributed by atoms with Gasteiger partial charge in [-0.25, -0.2) is 0 Å². The average molecular weight is 287 g/mol. The van der Waals surface area contributed by atoms with E-state index in [-0.39, 0.29) is 12.4 Å². The molecule has 0 heterocycles. The van der Waals surface area contributed by atoms with Crippen molar-refractivity contribution in [3.05, 3.63) is 34.3 Å². The summed E-state index contributed by atoms with van der Waals surface area (Å²) in [6.07, 6.45) is -0.0422. The van der Waals surface area contributed by atoms with Crippen LogP contribution in [0.3, 0.4) is 0 Å². The van der Waals surface area contributed by atoms with Crippen molar-refractivity contribution in [3.8, 4) is 0 Å². The summed E-state index contributed by atoms with van der Waals surface area (Å²) < 4.78 is 5.71. The molecule has 0 radical (unpaired) electrons. The van der Waals surface area contributed by atoms with Crippen LogP contribution in [-0.4, -0.2) is 17.7 Å². The highest BCUT2D eigenvalue weighted by atomic mass is 79.9. The van der Waals surface area contributed by atoms with Crippen LogP contribution in [0.15, 0.2) is 28.7 Å². The van der Waals surface area contributed by atoms with Crippen molar-refractivity contribution in [1.82, 2.24) is 0 Å². The van der Waals surface area contributed by atoms with Gasteiger partial charge in [-0.3, -0.25) is 4.79 Å². The Balaban J connectivity index is 2.55. The molecule has 0 bridgehead atoms. The minimum absolute atomic E-state index is 0.0113. The summed E-state index contributed by atoms with van der Waals surface area (Å²) in [5.74, 6) is -0.370. The zero-order valence-corrected chi connectivity index (χ0v) is 10.7. The summed E-state index contributed by atoms with van der Waals surface area (Å²) in [5, 5.41) is 9.84.